The fraction of sp³-hybridized carbons (Fsp3) is 0.600. The van der Waals surface area contributed by atoms with Crippen LogP contribution in [-0.2, 0) is 16.6 Å². The highest BCUT2D eigenvalue weighted by Gasteiger charge is 2.34. The van der Waals surface area contributed by atoms with Crippen LogP contribution in [0.15, 0.2) is 23.1 Å². The van der Waals surface area contributed by atoms with E-state index in [2.05, 4.69) is 18.6 Å². The molecule has 2 rings (SSSR count). The fourth-order valence-electron chi connectivity index (χ4n) is 3.10. The van der Waals surface area contributed by atoms with Crippen molar-refractivity contribution in [1.82, 2.24) is 4.72 Å². The van der Waals surface area contributed by atoms with Crippen LogP contribution in [0.4, 0.5) is 0 Å². The van der Waals surface area contributed by atoms with Gasteiger partial charge in [0.2, 0.25) is 10.0 Å². The summed E-state index contributed by atoms with van der Waals surface area (Å²) in [6, 6.07) is 4.39. The third kappa shape index (κ3) is 3.59. The lowest BCUT2D eigenvalue weighted by molar-refractivity contribution is 0.281. The number of halogens is 1. The molecule has 0 aromatic heterocycles. The highest BCUT2D eigenvalue weighted by molar-refractivity contribution is 7.89. The molecule has 6 heteroatoms. The Morgan fingerprint density at radius 2 is 2.10 bits per heavy atom. The third-order valence-electron chi connectivity index (χ3n) is 4.56. The van der Waals surface area contributed by atoms with E-state index in [0.717, 1.165) is 19.3 Å². The van der Waals surface area contributed by atoms with Gasteiger partial charge in [-0.05, 0) is 48.4 Å². The summed E-state index contributed by atoms with van der Waals surface area (Å²) in [6.07, 6.45) is 3.02. The van der Waals surface area contributed by atoms with E-state index in [9.17, 15) is 13.5 Å². The minimum absolute atomic E-state index is 0.0202. The van der Waals surface area contributed by atoms with Crippen LogP contribution < -0.4 is 4.72 Å². The van der Waals surface area contributed by atoms with Crippen molar-refractivity contribution in [2.75, 3.05) is 0 Å². The smallest absolute Gasteiger partial charge is 0.240 e. The van der Waals surface area contributed by atoms with E-state index in [1.165, 1.54) is 18.2 Å². The first-order chi connectivity index (χ1) is 9.89. The second kappa shape index (κ2) is 6.65. The average Bonchev–Trinajstić information content (AvgIpc) is 2.79. The second-order valence-corrected chi connectivity index (χ2v) is 7.87. The Labute approximate surface area is 131 Å². The van der Waals surface area contributed by atoms with Gasteiger partial charge in [0, 0.05) is 11.1 Å². The standard InChI is InChI=1S/C15H22ClNO3S/c1-3-11-4-7-15(10(11)2)17-21(19,20)13-5-6-14(16)12(8-13)9-18/h5-6,8,10-11,15,17-18H,3-4,7,9H2,1-2H3. The van der Waals surface area contributed by atoms with Crippen molar-refractivity contribution in [2.45, 2.75) is 50.7 Å². The van der Waals surface area contributed by atoms with Crippen LogP contribution in [-0.4, -0.2) is 19.6 Å². The molecule has 0 amide bonds. The van der Waals surface area contributed by atoms with E-state index in [0.29, 0.717) is 22.4 Å². The second-order valence-electron chi connectivity index (χ2n) is 5.74. The van der Waals surface area contributed by atoms with Gasteiger partial charge >= 0.3 is 0 Å². The maximum absolute atomic E-state index is 12.5. The predicted octanol–water partition coefficient (Wildman–Crippen LogP) is 2.94. The molecule has 4 nitrogen and oxygen atoms in total. The van der Waals surface area contributed by atoms with E-state index in [1.807, 2.05) is 0 Å². The number of benzene rings is 1. The van der Waals surface area contributed by atoms with Gasteiger partial charge in [0.25, 0.3) is 0 Å². The Bertz CT molecular complexity index is 603. The van der Waals surface area contributed by atoms with Crippen molar-refractivity contribution in [3.8, 4) is 0 Å². The Balaban J connectivity index is 2.19. The summed E-state index contributed by atoms with van der Waals surface area (Å²) in [6.45, 7) is 3.97. The Morgan fingerprint density at radius 1 is 1.38 bits per heavy atom. The van der Waals surface area contributed by atoms with Crippen LogP contribution in [0.1, 0.15) is 38.7 Å². The Kier molecular flexibility index (Phi) is 5.30. The average molecular weight is 332 g/mol. The maximum atomic E-state index is 12.5. The Hall–Kier alpha value is -0.620. The first-order valence-electron chi connectivity index (χ1n) is 7.30. The lowest BCUT2D eigenvalue weighted by Gasteiger charge is -2.21. The first kappa shape index (κ1) is 16.7. The number of sulfonamides is 1. The van der Waals surface area contributed by atoms with E-state index >= 15 is 0 Å². The van der Waals surface area contributed by atoms with E-state index in [1.54, 1.807) is 0 Å². The zero-order valence-electron chi connectivity index (χ0n) is 12.3. The zero-order valence-corrected chi connectivity index (χ0v) is 13.9. The highest BCUT2D eigenvalue weighted by atomic mass is 35.5. The van der Waals surface area contributed by atoms with Crippen molar-refractivity contribution >= 4 is 21.6 Å². The minimum atomic E-state index is -3.58. The van der Waals surface area contributed by atoms with Gasteiger partial charge in [0.05, 0.1) is 11.5 Å². The molecule has 1 aromatic rings. The highest BCUT2D eigenvalue weighted by Crippen LogP contribution is 2.34. The summed E-state index contributed by atoms with van der Waals surface area (Å²) >= 11 is 5.90. The van der Waals surface area contributed by atoms with Crippen molar-refractivity contribution in [2.24, 2.45) is 11.8 Å². The molecule has 0 saturated heterocycles. The maximum Gasteiger partial charge on any atom is 0.240 e. The molecule has 0 radical (unpaired) electrons. The molecular weight excluding hydrogens is 310 g/mol. The van der Waals surface area contributed by atoms with Gasteiger partial charge in [0.15, 0.2) is 0 Å². The van der Waals surface area contributed by atoms with Crippen molar-refractivity contribution in [3.05, 3.63) is 28.8 Å². The molecule has 118 valence electrons. The molecule has 1 aliphatic carbocycles. The molecule has 0 heterocycles. The van der Waals surface area contributed by atoms with Crippen molar-refractivity contribution < 1.29 is 13.5 Å². The predicted molar refractivity (Wildman–Crippen MR) is 83.7 cm³/mol. The van der Waals surface area contributed by atoms with E-state index < -0.39 is 10.0 Å². The SMILES string of the molecule is CCC1CCC(NS(=O)(=O)c2ccc(Cl)c(CO)c2)C1C. The monoisotopic (exact) mass is 331 g/mol. The van der Waals surface area contributed by atoms with Gasteiger partial charge in [-0.3, -0.25) is 0 Å². The summed E-state index contributed by atoms with van der Waals surface area (Å²) in [5.41, 5.74) is 0.422. The van der Waals surface area contributed by atoms with Crippen LogP contribution in [0.5, 0.6) is 0 Å². The molecule has 1 saturated carbocycles. The van der Waals surface area contributed by atoms with Gasteiger partial charge in [-0.15, -0.1) is 0 Å². The van der Waals surface area contributed by atoms with Gasteiger partial charge < -0.3 is 5.11 Å². The van der Waals surface area contributed by atoms with Gasteiger partial charge in [-0.25, -0.2) is 13.1 Å². The molecule has 1 fully saturated rings. The topological polar surface area (TPSA) is 66.4 Å². The number of hydrogen-bond donors (Lipinski definition) is 2. The van der Waals surface area contributed by atoms with Crippen LogP contribution in [0.25, 0.3) is 0 Å². The molecule has 0 bridgehead atoms. The van der Waals surface area contributed by atoms with E-state index in [4.69, 9.17) is 11.6 Å². The van der Waals surface area contributed by atoms with Crippen LogP contribution in [0, 0.1) is 11.8 Å². The number of aliphatic hydroxyl groups is 1. The lowest BCUT2D eigenvalue weighted by atomic mass is 9.94. The van der Waals surface area contributed by atoms with Gasteiger partial charge in [-0.1, -0.05) is 31.9 Å². The largest absolute Gasteiger partial charge is 0.392 e. The molecular formula is C15H22ClNO3S. The zero-order chi connectivity index (χ0) is 15.6. The number of hydrogen-bond acceptors (Lipinski definition) is 3. The molecule has 3 atom stereocenters. The summed E-state index contributed by atoms with van der Waals surface area (Å²) in [7, 11) is -3.58. The minimum Gasteiger partial charge on any atom is -0.392 e. The Morgan fingerprint density at radius 3 is 2.67 bits per heavy atom. The summed E-state index contributed by atoms with van der Waals surface area (Å²) in [5, 5.41) is 9.57. The number of rotatable bonds is 5. The third-order valence-corrected chi connectivity index (χ3v) is 6.41. The molecule has 0 aliphatic heterocycles. The van der Waals surface area contributed by atoms with Crippen LogP contribution in [0.3, 0.4) is 0 Å². The van der Waals surface area contributed by atoms with Crippen molar-refractivity contribution in [1.29, 1.82) is 0 Å². The summed E-state index contributed by atoms with van der Waals surface area (Å²) in [4.78, 5) is 0.156. The number of nitrogens with one attached hydrogen (secondary N) is 1. The quantitative estimate of drug-likeness (QED) is 0.871. The molecule has 2 N–H and O–H groups in total. The molecule has 21 heavy (non-hydrogen) atoms. The molecule has 0 spiro atoms. The molecule has 1 aromatic carbocycles. The van der Waals surface area contributed by atoms with Crippen LogP contribution in [0.2, 0.25) is 5.02 Å². The summed E-state index contributed by atoms with van der Waals surface area (Å²) in [5.74, 6) is 0.922. The normalized spacial score (nSPS) is 26.2. The first-order valence-corrected chi connectivity index (χ1v) is 9.16. The fourth-order valence-corrected chi connectivity index (χ4v) is 4.69. The molecule has 3 unspecified atom stereocenters. The van der Waals surface area contributed by atoms with Crippen molar-refractivity contribution in [3.63, 3.8) is 0 Å². The van der Waals surface area contributed by atoms with E-state index in [-0.39, 0.29) is 17.5 Å². The summed E-state index contributed by atoms with van der Waals surface area (Å²) < 4.78 is 27.7. The molecule has 1 aliphatic rings. The lowest BCUT2D eigenvalue weighted by Crippen LogP contribution is -2.37. The number of aliphatic hydroxyl groups excluding tert-OH is 1. The van der Waals surface area contributed by atoms with Gasteiger partial charge in [0.1, 0.15) is 0 Å². The van der Waals surface area contributed by atoms with Crippen LogP contribution >= 0.6 is 11.6 Å². The van der Waals surface area contributed by atoms with Gasteiger partial charge in [-0.2, -0.15) is 0 Å².